The van der Waals surface area contributed by atoms with Gasteiger partial charge in [0.2, 0.25) is 5.91 Å². The summed E-state index contributed by atoms with van der Waals surface area (Å²) in [5.41, 5.74) is 0.886. The molecular weight excluding hydrogens is 150 g/mol. The molecule has 12 heavy (non-hydrogen) atoms. The van der Waals surface area contributed by atoms with Gasteiger partial charge in [0.25, 0.3) is 0 Å². The number of hydrogen-bond donors (Lipinski definition) is 1. The molecule has 0 spiro atoms. The molecule has 0 aromatic rings. The van der Waals surface area contributed by atoms with E-state index in [4.69, 9.17) is 0 Å². The van der Waals surface area contributed by atoms with E-state index in [1.807, 2.05) is 0 Å². The van der Waals surface area contributed by atoms with Crippen LogP contribution in [-0.4, -0.2) is 5.91 Å². The fourth-order valence-electron chi connectivity index (χ4n) is 1.82. The molecule has 1 atom stereocenters. The second-order valence-corrected chi connectivity index (χ2v) is 4.06. The predicted octanol–water partition coefficient (Wildman–Crippen LogP) is 2.07. The van der Waals surface area contributed by atoms with E-state index >= 15 is 0 Å². The van der Waals surface area contributed by atoms with Crippen molar-refractivity contribution in [1.29, 1.82) is 0 Å². The lowest BCUT2D eigenvalue weighted by molar-refractivity contribution is -0.122. The normalized spacial score (nSPS) is 24.4. The molecule has 0 saturated carbocycles. The topological polar surface area (TPSA) is 29.1 Å². The molecule has 1 aliphatic heterocycles. The summed E-state index contributed by atoms with van der Waals surface area (Å²) >= 11 is 0. The first-order valence-corrected chi connectivity index (χ1v) is 4.55. The smallest absolute Gasteiger partial charge is 0.224 e. The molecule has 0 aromatic heterocycles. The molecule has 1 unspecified atom stereocenters. The maximum absolute atomic E-state index is 11.1. The van der Waals surface area contributed by atoms with Crippen LogP contribution in [0.15, 0.2) is 12.3 Å². The SMILES string of the molecule is C=C1CC(CC(C)C)CC(=O)N1. The summed E-state index contributed by atoms with van der Waals surface area (Å²) in [4.78, 5) is 11.1. The molecule has 0 radical (unpaired) electrons. The molecule has 1 heterocycles. The lowest BCUT2D eigenvalue weighted by Crippen LogP contribution is -2.31. The maximum atomic E-state index is 11.1. The minimum absolute atomic E-state index is 0.136. The van der Waals surface area contributed by atoms with Gasteiger partial charge in [0.1, 0.15) is 0 Å². The molecule has 68 valence electrons. The number of rotatable bonds is 2. The Labute approximate surface area is 74.0 Å². The average molecular weight is 167 g/mol. The van der Waals surface area contributed by atoms with Crippen molar-refractivity contribution >= 4 is 5.91 Å². The summed E-state index contributed by atoms with van der Waals surface area (Å²) in [7, 11) is 0. The first-order chi connectivity index (χ1) is 5.58. The van der Waals surface area contributed by atoms with Gasteiger partial charge in [-0.1, -0.05) is 20.4 Å². The van der Waals surface area contributed by atoms with Crippen molar-refractivity contribution in [1.82, 2.24) is 5.32 Å². The lowest BCUT2D eigenvalue weighted by Gasteiger charge is -2.24. The molecule has 2 nitrogen and oxygen atoms in total. The molecule has 0 aromatic carbocycles. The zero-order valence-electron chi connectivity index (χ0n) is 7.89. The summed E-state index contributed by atoms with van der Waals surface area (Å²) in [6, 6.07) is 0. The number of carbonyl (C=O) groups excluding carboxylic acids is 1. The molecule has 1 saturated heterocycles. The molecule has 0 bridgehead atoms. The van der Waals surface area contributed by atoms with Gasteiger partial charge < -0.3 is 5.32 Å². The minimum Gasteiger partial charge on any atom is -0.330 e. The van der Waals surface area contributed by atoms with Gasteiger partial charge in [0, 0.05) is 12.1 Å². The number of amides is 1. The van der Waals surface area contributed by atoms with E-state index in [1.165, 1.54) is 0 Å². The van der Waals surface area contributed by atoms with Crippen LogP contribution < -0.4 is 5.32 Å². The number of allylic oxidation sites excluding steroid dienone is 1. The van der Waals surface area contributed by atoms with Crippen molar-refractivity contribution in [3.63, 3.8) is 0 Å². The van der Waals surface area contributed by atoms with E-state index in [2.05, 4.69) is 25.7 Å². The molecular formula is C10H17NO. The second-order valence-electron chi connectivity index (χ2n) is 4.06. The van der Waals surface area contributed by atoms with Crippen molar-refractivity contribution < 1.29 is 4.79 Å². The molecule has 1 rings (SSSR count). The summed E-state index contributed by atoms with van der Waals surface area (Å²) in [6.07, 6.45) is 2.77. The third-order valence-electron chi connectivity index (χ3n) is 2.13. The number of hydrogen-bond acceptors (Lipinski definition) is 1. The zero-order valence-corrected chi connectivity index (χ0v) is 7.89. The van der Waals surface area contributed by atoms with Crippen LogP contribution in [-0.2, 0) is 4.79 Å². The van der Waals surface area contributed by atoms with Crippen LogP contribution in [0.2, 0.25) is 0 Å². The fraction of sp³-hybridized carbons (Fsp3) is 0.700. The quantitative estimate of drug-likeness (QED) is 0.670. The largest absolute Gasteiger partial charge is 0.330 e. The van der Waals surface area contributed by atoms with Gasteiger partial charge in [-0.2, -0.15) is 0 Å². The predicted molar refractivity (Wildman–Crippen MR) is 49.5 cm³/mol. The molecule has 1 N–H and O–H groups in total. The van der Waals surface area contributed by atoms with Crippen LogP contribution in [0.1, 0.15) is 33.1 Å². The molecule has 1 amide bonds. The molecule has 0 aliphatic carbocycles. The van der Waals surface area contributed by atoms with E-state index in [-0.39, 0.29) is 5.91 Å². The van der Waals surface area contributed by atoms with Gasteiger partial charge >= 0.3 is 0 Å². The average Bonchev–Trinajstić information content (AvgIpc) is 1.81. The van der Waals surface area contributed by atoms with Gasteiger partial charge in [-0.25, -0.2) is 0 Å². The Morgan fingerprint density at radius 3 is 2.75 bits per heavy atom. The molecule has 1 fully saturated rings. The first kappa shape index (κ1) is 9.30. The van der Waals surface area contributed by atoms with Gasteiger partial charge in [-0.15, -0.1) is 0 Å². The number of nitrogens with one attached hydrogen (secondary N) is 1. The van der Waals surface area contributed by atoms with Crippen molar-refractivity contribution in [2.75, 3.05) is 0 Å². The van der Waals surface area contributed by atoms with Crippen LogP contribution in [0.5, 0.6) is 0 Å². The fourth-order valence-corrected chi connectivity index (χ4v) is 1.82. The van der Waals surface area contributed by atoms with Gasteiger partial charge in [-0.05, 0) is 24.7 Å². The number of piperidine rings is 1. The van der Waals surface area contributed by atoms with E-state index in [0.717, 1.165) is 18.5 Å². The highest BCUT2D eigenvalue weighted by Gasteiger charge is 2.21. The standard InChI is InChI=1S/C10H17NO/c1-7(2)4-9-5-8(3)11-10(12)6-9/h7,9H,3-6H2,1-2H3,(H,11,12). The molecule has 1 aliphatic rings. The third kappa shape index (κ3) is 2.68. The van der Waals surface area contributed by atoms with Crippen LogP contribution >= 0.6 is 0 Å². The van der Waals surface area contributed by atoms with Crippen LogP contribution in [0, 0.1) is 11.8 Å². The Bertz CT molecular complexity index is 180. The Morgan fingerprint density at radius 2 is 2.25 bits per heavy atom. The summed E-state index contributed by atoms with van der Waals surface area (Å²) < 4.78 is 0. The van der Waals surface area contributed by atoms with E-state index < -0.39 is 0 Å². The molecule has 2 heteroatoms. The van der Waals surface area contributed by atoms with Crippen molar-refractivity contribution in [2.24, 2.45) is 11.8 Å². The Kier molecular flexibility index (Phi) is 2.90. The van der Waals surface area contributed by atoms with Gasteiger partial charge in [0.05, 0.1) is 0 Å². The van der Waals surface area contributed by atoms with E-state index in [1.54, 1.807) is 0 Å². The highest BCUT2D eigenvalue weighted by molar-refractivity contribution is 5.79. The minimum atomic E-state index is 0.136. The second kappa shape index (κ2) is 3.74. The zero-order chi connectivity index (χ0) is 9.14. The first-order valence-electron chi connectivity index (χ1n) is 4.55. The summed E-state index contributed by atoms with van der Waals surface area (Å²) in [5, 5.41) is 2.75. The highest BCUT2D eigenvalue weighted by atomic mass is 16.1. The third-order valence-corrected chi connectivity index (χ3v) is 2.13. The Hall–Kier alpha value is -0.790. The maximum Gasteiger partial charge on any atom is 0.224 e. The van der Waals surface area contributed by atoms with E-state index in [9.17, 15) is 4.79 Å². The van der Waals surface area contributed by atoms with Crippen molar-refractivity contribution in [3.05, 3.63) is 12.3 Å². The lowest BCUT2D eigenvalue weighted by atomic mass is 9.88. The van der Waals surface area contributed by atoms with Crippen LogP contribution in [0.3, 0.4) is 0 Å². The van der Waals surface area contributed by atoms with Crippen LogP contribution in [0.25, 0.3) is 0 Å². The monoisotopic (exact) mass is 167 g/mol. The summed E-state index contributed by atoms with van der Waals surface area (Å²) in [6.45, 7) is 8.17. The van der Waals surface area contributed by atoms with Crippen LogP contribution in [0.4, 0.5) is 0 Å². The Morgan fingerprint density at radius 1 is 1.58 bits per heavy atom. The Balaban J connectivity index is 2.44. The highest BCUT2D eigenvalue weighted by Crippen LogP contribution is 2.24. The van der Waals surface area contributed by atoms with E-state index in [0.29, 0.717) is 18.3 Å². The van der Waals surface area contributed by atoms with Crippen molar-refractivity contribution in [2.45, 2.75) is 33.1 Å². The summed E-state index contributed by atoms with van der Waals surface area (Å²) in [5.74, 6) is 1.33. The number of carbonyl (C=O) groups is 1. The van der Waals surface area contributed by atoms with Gasteiger partial charge in [0.15, 0.2) is 0 Å². The van der Waals surface area contributed by atoms with Crippen molar-refractivity contribution in [3.8, 4) is 0 Å². The van der Waals surface area contributed by atoms with Gasteiger partial charge in [-0.3, -0.25) is 4.79 Å².